The van der Waals surface area contributed by atoms with Gasteiger partial charge in [0.05, 0.1) is 0 Å². The van der Waals surface area contributed by atoms with Crippen molar-refractivity contribution in [1.82, 2.24) is 0 Å². The highest BCUT2D eigenvalue weighted by Gasteiger charge is 2.20. The third-order valence-electron chi connectivity index (χ3n) is 2.59. The molecule has 0 spiro atoms. The van der Waals surface area contributed by atoms with Crippen LogP contribution in [-0.2, 0) is 12.4 Å². The number of hydrogen-bond acceptors (Lipinski definition) is 3. The number of rotatable bonds is 3. The normalized spacial score (nSPS) is 11.5. The third-order valence-corrected chi connectivity index (χ3v) is 2.59. The van der Waals surface area contributed by atoms with Crippen molar-refractivity contribution >= 4 is 0 Å². The molecule has 0 aliphatic heterocycles. The van der Waals surface area contributed by atoms with Crippen molar-refractivity contribution in [2.24, 2.45) is 0 Å². The van der Waals surface area contributed by atoms with Gasteiger partial charge in [-0.15, -0.1) is 0 Å². The van der Waals surface area contributed by atoms with Crippen molar-refractivity contribution < 1.29 is 15.3 Å². The van der Waals surface area contributed by atoms with Gasteiger partial charge in [-0.05, 0) is 17.5 Å². The van der Waals surface area contributed by atoms with Crippen molar-refractivity contribution in [1.29, 1.82) is 0 Å². The van der Waals surface area contributed by atoms with Gasteiger partial charge in [0.15, 0.2) is 0 Å². The summed E-state index contributed by atoms with van der Waals surface area (Å²) in [5.41, 5.74) is 2.29. The highest BCUT2D eigenvalue weighted by Crippen LogP contribution is 2.16. The molecule has 3 nitrogen and oxygen atoms in total. The Labute approximate surface area is 99.6 Å². The average molecular weight is 230 g/mol. The first-order valence-electron chi connectivity index (χ1n) is 5.36. The van der Waals surface area contributed by atoms with Crippen LogP contribution in [0.25, 0.3) is 0 Å². The van der Waals surface area contributed by atoms with Gasteiger partial charge in [-0.2, -0.15) is 0 Å². The molecule has 0 aliphatic rings. The fourth-order valence-corrected chi connectivity index (χ4v) is 1.68. The Morgan fingerprint density at radius 1 is 0.706 bits per heavy atom. The minimum absolute atomic E-state index is 0.0642. The van der Waals surface area contributed by atoms with Gasteiger partial charge in [-0.25, -0.2) is 0 Å². The molecule has 2 rings (SSSR count). The van der Waals surface area contributed by atoms with Crippen molar-refractivity contribution in [2.45, 2.75) is 12.4 Å². The molecule has 0 saturated carbocycles. The number of benzene rings is 2. The van der Waals surface area contributed by atoms with Gasteiger partial charge in [-0.3, -0.25) is 0 Å². The molecule has 2 aromatic rings. The van der Waals surface area contributed by atoms with Crippen LogP contribution in [0.2, 0.25) is 0 Å². The summed E-state index contributed by atoms with van der Waals surface area (Å²) in [6, 6.07) is 16.5. The molecule has 17 heavy (non-hydrogen) atoms. The van der Waals surface area contributed by atoms with E-state index in [1.165, 1.54) is 17.7 Å². The summed E-state index contributed by atoms with van der Waals surface area (Å²) in [4.78, 5) is 0. The summed E-state index contributed by atoms with van der Waals surface area (Å²) in [6.45, 7) is 0. The molecule has 0 aromatic heterocycles. The van der Waals surface area contributed by atoms with Gasteiger partial charge in [0, 0.05) is 5.56 Å². The van der Waals surface area contributed by atoms with Gasteiger partial charge < -0.3 is 15.3 Å². The zero-order valence-corrected chi connectivity index (χ0v) is 9.24. The molecule has 0 atom stereocenters. The van der Waals surface area contributed by atoms with Crippen LogP contribution in [0.5, 0.6) is 0 Å². The molecule has 0 bridgehead atoms. The molecular formula is C14H14O3. The van der Waals surface area contributed by atoms with Crippen molar-refractivity contribution in [3.63, 3.8) is 0 Å². The largest absolute Gasteiger partial charge is 0.340 e. The van der Waals surface area contributed by atoms with Crippen LogP contribution < -0.4 is 0 Å². The van der Waals surface area contributed by atoms with E-state index < -0.39 is 5.97 Å². The average Bonchev–Trinajstić information content (AvgIpc) is 2.30. The lowest BCUT2D eigenvalue weighted by molar-refractivity contribution is -0.323. The first-order valence-corrected chi connectivity index (χ1v) is 5.36. The molecule has 0 unspecified atom stereocenters. The van der Waals surface area contributed by atoms with E-state index in [4.69, 9.17) is 15.3 Å². The highest BCUT2D eigenvalue weighted by atomic mass is 16.7. The Balaban J connectivity index is 2.14. The number of hydrogen-bond donors (Lipinski definition) is 3. The highest BCUT2D eigenvalue weighted by molar-refractivity contribution is 5.29. The molecule has 0 heterocycles. The minimum atomic E-state index is -2.76. The Kier molecular flexibility index (Phi) is 3.24. The van der Waals surface area contributed by atoms with Crippen LogP contribution >= 0.6 is 0 Å². The van der Waals surface area contributed by atoms with Crippen LogP contribution in [0.3, 0.4) is 0 Å². The van der Waals surface area contributed by atoms with Gasteiger partial charge in [0.25, 0.3) is 0 Å². The molecule has 88 valence electrons. The second kappa shape index (κ2) is 4.67. The molecule has 3 N–H and O–H groups in total. The van der Waals surface area contributed by atoms with Crippen LogP contribution in [0.15, 0.2) is 54.6 Å². The molecule has 0 saturated heterocycles. The molecule has 2 aromatic carbocycles. The Morgan fingerprint density at radius 3 is 1.76 bits per heavy atom. The van der Waals surface area contributed by atoms with E-state index >= 15 is 0 Å². The maximum atomic E-state index is 8.98. The second-order valence-corrected chi connectivity index (χ2v) is 3.99. The third kappa shape index (κ3) is 3.14. The van der Waals surface area contributed by atoms with E-state index in [0.717, 1.165) is 12.0 Å². The van der Waals surface area contributed by atoms with Gasteiger partial charge in [0.1, 0.15) is 0 Å². The second-order valence-electron chi connectivity index (χ2n) is 3.99. The summed E-state index contributed by atoms with van der Waals surface area (Å²) >= 11 is 0. The lowest BCUT2D eigenvalue weighted by atomic mass is 10.0. The van der Waals surface area contributed by atoms with Gasteiger partial charge >= 0.3 is 5.97 Å². The fraction of sp³-hybridized carbons (Fsp3) is 0.143. The molecule has 0 fully saturated rings. The summed E-state index contributed by atoms with van der Waals surface area (Å²) in [5, 5.41) is 26.9. The summed E-state index contributed by atoms with van der Waals surface area (Å²) in [7, 11) is 0. The summed E-state index contributed by atoms with van der Waals surface area (Å²) < 4.78 is 0. The smallest absolute Gasteiger partial charge is 0.304 e. The Hall–Kier alpha value is -1.68. The van der Waals surface area contributed by atoms with Gasteiger partial charge in [0.2, 0.25) is 0 Å². The van der Waals surface area contributed by atoms with Crippen molar-refractivity contribution in [3.05, 3.63) is 71.3 Å². The SMILES string of the molecule is OC(O)(O)c1ccc(Cc2ccccc2)cc1. The standard InChI is InChI=1S/C14H14O3/c15-14(16,17)13-8-6-12(7-9-13)10-11-4-2-1-3-5-11/h1-9,15-17H,10H2. The van der Waals surface area contributed by atoms with E-state index in [1.54, 1.807) is 12.1 Å². The molecule has 0 radical (unpaired) electrons. The maximum Gasteiger partial charge on any atom is 0.304 e. The van der Waals surface area contributed by atoms with Crippen molar-refractivity contribution in [2.75, 3.05) is 0 Å². The quantitative estimate of drug-likeness (QED) is 0.698. The van der Waals surface area contributed by atoms with Crippen molar-refractivity contribution in [3.8, 4) is 0 Å². The lowest BCUT2D eigenvalue weighted by Crippen LogP contribution is -2.23. The number of aliphatic hydroxyl groups is 3. The Morgan fingerprint density at radius 2 is 1.24 bits per heavy atom. The van der Waals surface area contributed by atoms with E-state index in [1.807, 2.05) is 30.3 Å². The van der Waals surface area contributed by atoms with Crippen LogP contribution in [0, 0.1) is 0 Å². The molecule has 0 amide bonds. The maximum absolute atomic E-state index is 8.98. The van der Waals surface area contributed by atoms with Crippen LogP contribution in [0.4, 0.5) is 0 Å². The summed E-state index contributed by atoms with van der Waals surface area (Å²) in [5.74, 6) is -2.76. The zero-order chi connectivity index (χ0) is 12.3. The Bertz CT molecular complexity index is 469. The molecular weight excluding hydrogens is 216 g/mol. The monoisotopic (exact) mass is 230 g/mol. The lowest BCUT2D eigenvalue weighted by Gasteiger charge is -2.14. The summed E-state index contributed by atoms with van der Waals surface area (Å²) in [6.07, 6.45) is 0.774. The van der Waals surface area contributed by atoms with Crippen LogP contribution in [-0.4, -0.2) is 15.3 Å². The van der Waals surface area contributed by atoms with E-state index in [9.17, 15) is 0 Å². The van der Waals surface area contributed by atoms with E-state index in [-0.39, 0.29) is 5.56 Å². The molecule has 3 heteroatoms. The zero-order valence-electron chi connectivity index (χ0n) is 9.24. The van der Waals surface area contributed by atoms with E-state index in [2.05, 4.69) is 0 Å². The fourth-order valence-electron chi connectivity index (χ4n) is 1.68. The first-order chi connectivity index (χ1) is 8.05. The van der Waals surface area contributed by atoms with Crippen LogP contribution in [0.1, 0.15) is 16.7 Å². The first kappa shape index (κ1) is 11.8. The van der Waals surface area contributed by atoms with E-state index in [0.29, 0.717) is 0 Å². The molecule has 0 aliphatic carbocycles. The van der Waals surface area contributed by atoms with Gasteiger partial charge in [-0.1, -0.05) is 54.6 Å². The predicted molar refractivity (Wildman–Crippen MR) is 64.0 cm³/mol. The topological polar surface area (TPSA) is 60.7 Å². The predicted octanol–water partition coefficient (Wildman–Crippen LogP) is 1.36. The minimum Gasteiger partial charge on any atom is -0.340 e.